The number of aromatic hydroxyl groups is 1. The molecule has 0 unspecified atom stereocenters. The van der Waals surface area contributed by atoms with Crippen molar-refractivity contribution in [1.29, 1.82) is 0 Å². The van der Waals surface area contributed by atoms with Gasteiger partial charge in [-0.3, -0.25) is 0 Å². The largest absolute Gasteiger partial charge is 0.508 e. The van der Waals surface area contributed by atoms with Crippen molar-refractivity contribution >= 4 is 12.6 Å². The Morgan fingerprint density at radius 2 is 1.74 bits per heavy atom. The van der Waals surface area contributed by atoms with Gasteiger partial charge in [0.15, 0.2) is 0 Å². The van der Waals surface area contributed by atoms with Crippen molar-refractivity contribution in [3.63, 3.8) is 0 Å². The van der Waals surface area contributed by atoms with E-state index >= 15 is 0 Å². The van der Waals surface area contributed by atoms with Gasteiger partial charge >= 0.3 is 7.12 Å². The van der Waals surface area contributed by atoms with Crippen LogP contribution in [-0.2, 0) is 15.7 Å². The number of hydrogen-bond acceptors (Lipinski definition) is 4. The van der Waals surface area contributed by atoms with E-state index in [0.29, 0.717) is 18.4 Å². The molecule has 0 amide bonds. The summed E-state index contributed by atoms with van der Waals surface area (Å²) in [5, 5.41) is 10.1. The molecule has 0 radical (unpaired) electrons. The lowest BCUT2D eigenvalue weighted by atomic mass is 9.74. The lowest BCUT2D eigenvalue weighted by molar-refractivity contribution is 0.00578. The van der Waals surface area contributed by atoms with E-state index in [-0.39, 0.29) is 5.75 Å². The Labute approximate surface area is 115 Å². The van der Waals surface area contributed by atoms with Crippen LogP contribution < -0.4 is 11.2 Å². The van der Waals surface area contributed by atoms with E-state index in [2.05, 4.69) is 0 Å². The highest BCUT2D eigenvalue weighted by Gasteiger charge is 2.52. The number of hydrogen-bond donors (Lipinski definition) is 2. The average molecular weight is 263 g/mol. The number of rotatable bonds is 3. The highest BCUT2D eigenvalue weighted by Crippen LogP contribution is 2.37. The molecule has 1 fully saturated rings. The molecule has 104 valence electrons. The molecule has 1 heterocycles. The quantitative estimate of drug-likeness (QED) is 0.804. The predicted molar refractivity (Wildman–Crippen MR) is 76.6 cm³/mol. The molecule has 0 spiro atoms. The summed E-state index contributed by atoms with van der Waals surface area (Å²) in [5.41, 5.74) is 6.46. The first-order valence-corrected chi connectivity index (χ1v) is 6.65. The topological polar surface area (TPSA) is 64.7 Å². The maximum atomic E-state index is 10.1. The van der Waals surface area contributed by atoms with Crippen LogP contribution in [0.4, 0.5) is 0 Å². The molecule has 3 N–H and O–H groups in total. The molecule has 5 heteroatoms. The predicted octanol–water partition coefficient (Wildman–Crippen LogP) is 1.19. The zero-order valence-electron chi connectivity index (χ0n) is 12.1. The second-order valence-electron chi connectivity index (χ2n) is 5.98. The third-order valence-electron chi connectivity index (χ3n) is 4.08. The van der Waals surface area contributed by atoms with Gasteiger partial charge < -0.3 is 20.1 Å². The SMILES string of the molecule is CC1(C)OB(c2c(O)cccc2CCN)OC1(C)C. The number of nitrogens with two attached hydrogens (primary N) is 1. The van der Waals surface area contributed by atoms with Gasteiger partial charge in [-0.05, 0) is 52.3 Å². The van der Waals surface area contributed by atoms with Crippen molar-refractivity contribution < 1.29 is 14.4 Å². The molecule has 19 heavy (non-hydrogen) atoms. The molecule has 2 rings (SSSR count). The van der Waals surface area contributed by atoms with Crippen molar-refractivity contribution in [3.05, 3.63) is 23.8 Å². The minimum absolute atomic E-state index is 0.199. The Kier molecular flexibility index (Phi) is 3.64. The van der Waals surface area contributed by atoms with Crippen molar-refractivity contribution in [2.45, 2.75) is 45.3 Å². The molecular weight excluding hydrogens is 241 g/mol. The van der Waals surface area contributed by atoms with Crippen LogP contribution in [0, 0.1) is 0 Å². The van der Waals surface area contributed by atoms with E-state index in [1.54, 1.807) is 6.07 Å². The van der Waals surface area contributed by atoms with Gasteiger partial charge in [0.25, 0.3) is 0 Å². The molecule has 1 saturated heterocycles. The Bertz CT molecular complexity index is 458. The Morgan fingerprint density at radius 3 is 2.26 bits per heavy atom. The molecule has 4 nitrogen and oxygen atoms in total. The first-order chi connectivity index (χ1) is 8.78. The van der Waals surface area contributed by atoms with Crippen molar-refractivity contribution in [3.8, 4) is 5.75 Å². The maximum absolute atomic E-state index is 10.1. The van der Waals surface area contributed by atoms with E-state index in [1.807, 2.05) is 39.8 Å². The fourth-order valence-corrected chi connectivity index (χ4v) is 2.21. The van der Waals surface area contributed by atoms with Gasteiger partial charge in [0.1, 0.15) is 5.75 Å². The zero-order valence-corrected chi connectivity index (χ0v) is 12.1. The van der Waals surface area contributed by atoms with E-state index < -0.39 is 18.3 Å². The summed E-state index contributed by atoms with van der Waals surface area (Å²) < 4.78 is 12.0. The zero-order chi connectivity index (χ0) is 14.3. The van der Waals surface area contributed by atoms with Gasteiger partial charge in [0.2, 0.25) is 0 Å². The Balaban J connectivity index is 2.39. The summed E-state index contributed by atoms with van der Waals surface area (Å²) >= 11 is 0. The molecular formula is C14H22BNO3. The minimum atomic E-state index is -0.548. The van der Waals surface area contributed by atoms with Crippen LogP contribution in [-0.4, -0.2) is 30.0 Å². The highest BCUT2D eigenvalue weighted by molar-refractivity contribution is 6.63. The summed E-state index contributed by atoms with van der Waals surface area (Å²) in [6.45, 7) is 8.51. The normalized spacial score (nSPS) is 20.8. The summed E-state index contributed by atoms with van der Waals surface area (Å²) in [4.78, 5) is 0. The first-order valence-electron chi connectivity index (χ1n) is 6.65. The van der Waals surface area contributed by atoms with Crippen LogP contribution in [0.25, 0.3) is 0 Å². The number of phenols is 1. The smallest absolute Gasteiger partial charge is 0.498 e. The van der Waals surface area contributed by atoms with Gasteiger partial charge in [-0.1, -0.05) is 12.1 Å². The average Bonchev–Trinajstić information content (AvgIpc) is 2.48. The van der Waals surface area contributed by atoms with Crippen LogP contribution in [0.1, 0.15) is 33.3 Å². The number of benzene rings is 1. The standard InChI is InChI=1S/C14H22BNO3/c1-13(2)14(3,4)19-15(18-13)12-10(8-9-16)6-5-7-11(12)17/h5-7,17H,8-9,16H2,1-4H3. The van der Waals surface area contributed by atoms with Crippen LogP contribution >= 0.6 is 0 Å². The summed E-state index contributed by atoms with van der Waals surface area (Å²) in [6, 6.07) is 5.42. The lowest BCUT2D eigenvalue weighted by Crippen LogP contribution is -2.41. The number of phenolic OH excluding ortho intramolecular Hbond substituents is 1. The van der Waals surface area contributed by atoms with E-state index in [9.17, 15) is 5.11 Å². The fourth-order valence-electron chi connectivity index (χ4n) is 2.21. The van der Waals surface area contributed by atoms with Crippen LogP contribution in [0.3, 0.4) is 0 Å². The molecule has 0 atom stereocenters. The molecule has 1 aromatic carbocycles. The van der Waals surface area contributed by atoms with Gasteiger partial charge in [0.05, 0.1) is 11.2 Å². The summed E-state index contributed by atoms with van der Waals surface area (Å²) in [5.74, 6) is 0.199. The molecule has 1 aliphatic heterocycles. The lowest BCUT2D eigenvalue weighted by Gasteiger charge is -2.32. The second kappa shape index (κ2) is 4.82. The summed E-state index contributed by atoms with van der Waals surface area (Å²) in [6.07, 6.45) is 0.688. The Hall–Kier alpha value is -1.04. The van der Waals surface area contributed by atoms with Gasteiger partial charge in [0, 0.05) is 5.46 Å². The van der Waals surface area contributed by atoms with Gasteiger partial charge in [-0.25, -0.2) is 0 Å². The van der Waals surface area contributed by atoms with E-state index in [4.69, 9.17) is 15.0 Å². The van der Waals surface area contributed by atoms with Gasteiger partial charge in [-0.15, -0.1) is 0 Å². The molecule has 1 aromatic rings. The van der Waals surface area contributed by atoms with Crippen molar-refractivity contribution in [1.82, 2.24) is 0 Å². The molecule has 0 aliphatic carbocycles. The van der Waals surface area contributed by atoms with Crippen LogP contribution in [0.5, 0.6) is 5.75 Å². The monoisotopic (exact) mass is 263 g/mol. The van der Waals surface area contributed by atoms with E-state index in [0.717, 1.165) is 5.56 Å². The van der Waals surface area contributed by atoms with Gasteiger partial charge in [-0.2, -0.15) is 0 Å². The highest BCUT2D eigenvalue weighted by atomic mass is 16.7. The van der Waals surface area contributed by atoms with Crippen LogP contribution in [0.2, 0.25) is 0 Å². The third kappa shape index (κ3) is 2.50. The third-order valence-corrected chi connectivity index (χ3v) is 4.08. The van der Waals surface area contributed by atoms with Crippen molar-refractivity contribution in [2.24, 2.45) is 5.73 Å². The van der Waals surface area contributed by atoms with Crippen LogP contribution in [0.15, 0.2) is 18.2 Å². The Morgan fingerprint density at radius 1 is 1.16 bits per heavy atom. The van der Waals surface area contributed by atoms with E-state index in [1.165, 1.54) is 0 Å². The van der Waals surface area contributed by atoms with Crippen molar-refractivity contribution in [2.75, 3.05) is 6.54 Å². The second-order valence-corrected chi connectivity index (χ2v) is 5.98. The molecule has 1 aliphatic rings. The summed E-state index contributed by atoms with van der Waals surface area (Å²) in [7, 11) is -0.548. The first kappa shape index (κ1) is 14.4. The molecule has 0 aromatic heterocycles. The molecule has 0 bridgehead atoms. The minimum Gasteiger partial charge on any atom is -0.508 e. The fraction of sp³-hybridized carbons (Fsp3) is 0.571. The maximum Gasteiger partial charge on any atom is 0.498 e. The molecule has 0 saturated carbocycles.